The van der Waals surface area contributed by atoms with Crippen LogP contribution >= 0.6 is 23.4 Å². The fraction of sp³-hybridized carbons (Fsp3) is 0.906. The minimum Gasteiger partial charge on any atom is -0.286 e. The zero-order valence-electron chi connectivity index (χ0n) is 23.4. The highest BCUT2D eigenvalue weighted by Crippen LogP contribution is 2.67. The lowest BCUT2D eigenvalue weighted by atomic mass is 9.47. The Kier molecular flexibility index (Phi) is 9.49. The van der Waals surface area contributed by atoms with E-state index in [0.29, 0.717) is 16.1 Å². The highest BCUT2D eigenvalue weighted by molar-refractivity contribution is 8.14. The maximum Gasteiger partial charge on any atom is 0.207 e. The van der Waals surface area contributed by atoms with E-state index in [-0.39, 0.29) is 16.4 Å². The Morgan fingerprint density at radius 3 is 2.51 bits per heavy atom. The number of rotatable bonds is 10. The lowest BCUT2D eigenvalue weighted by molar-refractivity contribution is -0.111. The highest BCUT2D eigenvalue weighted by atomic mass is 35.5. The van der Waals surface area contributed by atoms with Gasteiger partial charge in [-0.2, -0.15) is 0 Å². The van der Waals surface area contributed by atoms with E-state index < -0.39 is 0 Å². The molecule has 4 aliphatic rings. The lowest BCUT2D eigenvalue weighted by Crippen LogP contribution is -2.50. The highest BCUT2D eigenvalue weighted by Gasteiger charge is 2.58. The fourth-order valence-electron chi connectivity index (χ4n) is 8.98. The van der Waals surface area contributed by atoms with Crippen molar-refractivity contribution in [3.8, 4) is 0 Å². The molecule has 0 aromatic carbocycles. The summed E-state index contributed by atoms with van der Waals surface area (Å²) in [5.41, 5.74) is 2.66. The van der Waals surface area contributed by atoms with Crippen molar-refractivity contribution in [3.63, 3.8) is 0 Å². The van der Waals surface area contributed by atoms with E-state index in [1.165, 1.54) is 89.9 Å². The number of carbonyl (C=O) groups excluding carboxylic acids is 1. The first-order chi connectivity index (χ1) is 16.7. The summed E-state index contributed by atoms with van der Waals surface area (Å²) in [6.07, 6.45) is 23.4. The maximum absolute atomic E-state index is 12.7. The second-order valence-corrected chi connectivity index (χ2v) is 15.4. The molecule has 3 saturated carbocycles. The molecule has 0 unspecified atom stereocenters. The predicted octanol–water partition coefficient (Wildman–Crippen LogP) is 10.2. The summed E-state index contributed by atoms with van der Waals surface area (Å²) in [7, 11) is 0. The van der Waals surface area contributed by atoms with Crippen molar-refractivity contribution in [1.29, 1.82) is 0 Å². The number of unbranched alkanes of at least 4 members (excludes halogenated alkanes) is 5. The standard InChI is InChI=1S/C32H53ClOS/c1-6-7-8-9-10-11-12-23-14-16-27-26-15-13-24-21-25(35-30(34)29(33)22(2)3)17-19-32(24,5)28(26)18-20-31(23,27)4/h13,22-23,25-29H,6-12,14-21H2,1-5H3/t23-,25-,26+,27+,28+,29+,31+,32-/m0/s1. The van der Waals surface area contributed by atoms with Gasteiger partial charge in [-0.15, -0.1) is 11.6 Å². The number of alkyl halides is 1. The Hall–Kier alpha value is 0.0500. The van der Waals surface area contributed by atoms with Crippen LogP contribution in [0.4, 0.5) is 0 Å². The molecule has 4 rings (SSSR count). The molecule has 0 amide bonds. The van der Waals surface area contributed by atoms with Crippen molar-refractivity contribution < 1.29 is 4.79 Å². The largest absolute Gasteiger partial charge is 0.286 e. The van der Waals surface area contributed by atoms with Crippen LogP contribution in [0.1, 0.15) is 131 Å². The molecule has 200 valence electrons. The van der Waals surface area contributed by atoms with Crippen molar-refractivity contribution in [2.75, 3.05) is 0 Å². The van der Waals surface area contributed by atoms with Gasteiger partial charge in [0.15, 0.2) is 0 Å². The first kappa shape index (κ1) is 28.1. The molecule has 0 saturated heterocycles. The second-order valence-electron chi connectivity index (χ2n) is 13.6. The van der Waals surface area contributed by atoms with Gasteiger partial charge in [0, 0.05) is 5.25 Å². The Bertz CT molecular complexity index is 761. The summed E-state index contributed by atoms with van der Waals surface area (Å²) in [6.45, 7) is 11.7. The van der Waals surface area contributed by atoms with Crippen LogP contribution in [0.15, 0.2) is 11.6 Å². The van der Waals surface area contributed by atoms with Crippen LogP contribution in [0, 0.1) is 40.4 Å². The first-order valence-electron chi connectivity index (χ1n) is 15.2. The quantitative estimate of drug-likeness (QED) is 0.162. The van der Waals surface area contributed by atoms with Gasteiger partial charge in [0.1, 0.15) is 5.38 Å². The summed E-state index contributed by atoms with van der Waals surface area (Å²) in [5.74, 6) is 3.90. The average Bonchev–Trinajstić information content (AvgIpc) is 3.17. The van der Waals surface area contributed by atoms with Crippen LogP contribution in [0.5, 0.6) is 0 Å². The Morgan fingerprint density at radius 1 is 1.03 bits per heavy atom. The summed E-state index contributed by atoms with van der Waals surface area (Å²) in [6, 6.07) is 0. The van der Waals surface area contributed by atoms with E-state index in [9.17, 15) is 4.79 Å². The minimum atomic E-state index is -0.347. The van der Waals surface area contributed by atoms with Gasteiger partial charge in [0.2, 0.25) is 5.12 Å². The Labute approximate surface area is 226 Å². The molecule has 8 atom stereocenters. The van der Waals surface area contributed by atoms with E-state index in [4.69, 9.17) is 11.6 Å². The third-order valence-corrected chi connectivity index (χ3v) is 13.3. The molecule has 0 spiro atoms. The van der Waals surface area contributed by atoms with E-state index in [1.807, 2.05) is 0 Å². The van der Waals surface area contributed by atoms with Gasteiger partial charge in [0.05, 0.1) is 0 Å². The van der Waals surface area contributed by atoms with Crippen LogP contribution in [0.3, 0.4) is 0 Å². The lowest BCUT2D eigenvalue weighted by Gasteiger charge is -2.58. The van der Waals surface area contributed by atoms with E-state index >= 15 is 0 Å². The molecule has 3 fully saturated rings. The number of fused-ring (bicyclic) bond motifs is 5. The summed E-state index contributed by atoms with van der Waals surface area (Å²) >= 11 is 7.95. The fourth-order valence-corrected chi connectivity index (χ4v) is 10.4. The third-order valence-electron chi connectivity index (χ3n) is 11.3. The maximum atomic E-state index is 12.7. The number of thioether (sulfide) groups is 1. The number of allylic oxidation sites excluding steroid dienone is 2. The van der Waals surface area contributed by atoms with Crippen LogP contribution in [0.2, 0.25) is 0 Å². The van der Waals surface area contributed by atoms with Crippen LogP contribution < -0.4 is 0 Å². The van der Waals surface area contributed by atoms with Crippen LogP contribution in [-0.2, 0) is 4.79 Å². The number of halogens is 1. The van der Waals surface area contributed by atoms with E-state index in [0.717, 1.165) is 30.1 Å². The second kappa shape index (κ2) is 11.8. The summed E-state index contributed by atoms with van der Waals surface area (Å²) < 4.78 is 0. The molecule has 3 heteroatoms. The number of hydrogen-bond acceptors (Lipinski definition) is 2. The number of hydrogen-bond donors (Lipinski definition) is 0. The van der Waals surface area contributed by atoms with E-state index in [2.05, 4.69) is 40.7 Å². The summed E-state index contributed by atoms with van der Waals surface area (Å²) in [4.78, 5) is 12.7. The monoisotopic (exact) mass is 520 g/mol. The van der Waals surface area contributed by atoms with Gasteiger partial charge >= 0.3 is 0 Å². The Morgan fingerprint density at radius 2 is 1.77 bits per heavy atom. The molecule has 0 bridgehead atoms. The molecule has 35 heavy (non-hydrogen) atoms. The van der Waals surface area contributed by atoms with Crippen LogP contribution in [0.25, 0.3) is 0 Å². The van der Waals surface area contributed by atoms with Crippen molar-refractivity contribution in [2.45, 2.75) is 142 Å². The molecule has 1 nitrogen and oxygen atoms in total. The number of carbonyl (C=O) groups is 1. The molecular formula is C32H53ClOS. The minimum absolute atomic E-state index is 0.195. The third kappa shape index (κ3) is 5.74. The first-order valence-corrected chi connectivity index (χ1v) is 16.6. The van der Waals surface area contributed by atoms with Gasteiger partial charge in [0.25, 0.3) is 0 Å². The summed E-state index contributed by atoms with van der Waals surface area (Å²) in [5, 5.41) is 0.279. The average molecular weight is 521 g/mol. The molecular weight excluding hydrogens is 468 g/mol. The van der Waals surface area contributed by atoms with Crippen molar-refractivity contribution in [2.24, 2.45) is 40.4 Å². The molecule has 4 aliphatic carbocycles. The van der Waals surface area contributed by atoms with Crippen molar-refractivity contribution >= 4 is 28.5 Å². The van der Waals surface area contributed by atoms with Gasteiger partial charge in [-0.05, 0) is 98.2 Å². The van der Waals surface area contributed by atoms with E-state index in [1.54, 1.807) is 17.3 Å². The zero-order valence-corrected chi connectivity index (χ0v) is 25.0. The predicted molar refractivity (Wildman–Crippen MR) is 154 cm³/mol. The zero-order chi connectivity index (χ0) is 25.2. The van der Waals surface area contributed by atoms with Gasteiger partial charge in [-0.1, -0.05) is 96.6 Å². The van der Waals surface area contributed by atoms with Gasteiger partial charge in [-0.3, -0.25) is 4.79 Å². The van der Waals surface area contributed by atoms with Gasteiger partial charge < -0.3 is 0 Å². The molecule has 0 N–H and O–H groups in total. The molecule has 0 aliphatic heterocycles. The Balaban J connectivity index is 1.36. The van der Waals surface area contributed by atoms with Crippen molar-refractivity contribution in [3.05, 3.63) is 11.6 Å². The van der Waals surface area contributed by atoms with Crippen molar-refractivity contribution in [1.82, 2.24) is 0 Å². The normalized spacial score (nSPS) is 39.5. The van der Waals surface area contributed by atoms with Gasteiger partial charge in [-0.25, -0.2) is 0 Å². The smallest absolute Gasteiger partial charge is 0.207 e. The molecule has 0 heterocycles. The topological polar surface area (TPSA) is 17.1 Å². The molecule has 0 aromatic heterocycles. The molecule has 0 radical (unpaired) electrons. The SMILES string of the molecule is CCCCCCCC[C@H]1CC[C@@H]2[C@H]3CC=C4C[C@@H](SC(=O)[C@H](Cl)C(C)C)CC[C@]4(C)[C@@H]3CC[C@]12C. The van der Waals surface area contributed by atoms with Crippen LogP contribution in [-0.4, -0.2) is 15.7 Å². The molecule has 0 aromatic rings.